The van der Waals surface area contributed by atoms with Gasteiger partial charge in [0.25, 0.3) is 0 Å². The van der Waals surface area contributed by atoms with Crippen LogP contribution in [0.5, 0.6) is 0 Å². The minimum atomic E-state index is -4.13. The molecule has 0 aromatic heterocycles. The molecule has 0 spiro atoms. The normalized spacial score (nSPS) is 20.6. The van der Waals surface area contributed by atoms with Crippen molar-refractivity contribution in [2.45, 2.75) is 24.3 Å². The maximum atomic E-state index is 12.8. The van der Waals surface area contributed by atoms with E-state index in [2.05, 4.69) is 5.32 Å². The van der Waals surface area contributed by atoms with Crippen LogP contribution < -0.4 is 5.32 Å². The second-order valence-corrected chi connectivity index (χ2v) is 7.26. The number of nitrogens with zero attached hydrogens (tertiary/aromatic N) is 1. The van der Waals surface area contributed by atoms with Crippen LogP contribution in [0, 0.1) is 0 Å². The number of nitrogens with one attached hydrogen (secondary N) is 1. The molecule has 1 amide bonds. The van der Waals surface area contributed by atoms with Crippen molar-refractivity contribution in [2.75, 3.05) is 5.32 Å². The van der Waals surface area contributed by atoms with Crippen molar-refractivity contribution in [3.8, 4) is 0 Å². The summed E-state index contributed by atoms with van der Waals surface area (Å²) in [4.78, 5) is 10.9. The van der Waals surface area contributed by atoms with E-state index in [1.54, 1.807) is 24.3 Å². The molecule has 2 aromatic rings. The van der Waals surface area contributed by atoms with Crippen LogP contribution in [0.3, 0.4) is 0 Å². The van der Waals surface area contributed by atoms with E-state index in [9.17, 15) is 23.4 Å². The van der Waals surface area contributed by atoms with Gasteiger partial charge in [-0.3, -0.25) is 4.79 Å². The van der Waals surface area contributed by atoms with Crippen molar-refractivity contribution in [1.82, 2.24) is 4.31 Å². The Morgan fingerprint density at radius 3 is 1.96 bits per heavy atom. The maximum Gasteiger partial charge on any atom is 0.248 e. The molecule has 2 unspecified atom stereocenters. The lowest BCUT2D eigenvalue weighted by Gasteiger charge is -2.23. The van der Waals surface area contributed by atoms with E-state index < -0.39 is 22.5 Å². The van der Waals surface area contributed by atoms with Crippen molar-refractivity contribution in [3.05, 3.63) is 59.7 Å². The van der Waals surface area contributed by atoms with Gasteiger partial charge in [-0.25, -0.2) is 8.42 Å². The fraction of sp³-hybridized carbons (Fsp3) is 0.188. The lowest BCUT2D eigenvalue weighted by molar-refractivity contribution is -0.114. The molecular weight excluding hydrogens is 332 g/mol. The van der Waals surface area contributed by atoms with Gasteiger partial charge in [-0.05, 0) is 24.3 Å². The summed E-state index contributed by atoms with van der Waals surface area (Å²) >= 11 is 0. The Hall–Kier alpha value is -2.26. The van der Waals surface area contributed by atoms with Crippen LogP contribution in [0.4, 0.5) is 5.69 Å². The Labute approximate surface area is 139 Å². The van der Waals surface area contributed by atoms with Crippen molar-refractivity contribution in [1.29, 1.82) is 0 Å². The molecule has 0 radical (unpaired) electrons. The molecular formula is C16H16N2O5S. The van der Waals surface area contributed by atoms with Gasteiger partial charge in [-0.15, -0.1) is 4.31 Å². The Kier molecular flexibility index (Phi) is 4.14. The zero-order valence-corrected chi connectivity index (χ0v) is 13.6. The number of carbonyl (C=O) groups excluding carboxylic acids is 1. The van der Waals surface area contributed by atoms with E-state index >= 15 is 0 Å². The lowest BCUT2D eigenvalue weighted by atomic mass is 10.1. The SMILES string of the molecule is CC(=O)Nc1ccc(S(=O)(=O)N2C(O)c3ccccc3C2O)cc1. The van der Waals surface area contributed by atoms with Crippen molar-refractivity contribution >= 4 is 21.6 Å². The number of benzene rings is 2. The van der Waals surface area contributed by atoms with Crippen LogP contribution in [-0.2, 0) is 14.8 Å². The summed E-state index contributed by atoms with van der Waals surface area (Å²) in [6, 6.07) is 12.0. The summed E-state index contributed by atoms with van der Waals surface area (Å²) in [5.41, 5.74) is 1.15. The number of amides is 1. The fourth-order valence-electron chi connectivity index (χ4n) is 2.69. The number of aliphatic hydroxyl groups is 2. The predicted molar refractivity (Wildman–Crippen MR) is 86.1 cm³/mol. The minimum Gasteiger partial charge on any atom is -0.373 e. The Balaban J connectivity index is 1.95. The number of aliphatic hydroxyl groups excluding tert-OH is 2. The second kappa shape index (κ2) is 5.99. The van der Waals surface area contributed by atoms with Crippen LogP contribution in [-0.4, -0.2) is 28.8 Å². The van der Waals surface area contributed by atoms with Gasteiger partial charge >= 0.3 is 0 Å². The molecule has 0 saturated carbocycles. The standard InChI is InChI=1S/C16H16N2O5S/c1-10(19)17-11-6-8-12(9-7-11)24(22,23)18-15(20)13-4-2-3-5-14(13)16(18)21/h2-9,15-16,20-21H,1H3,(H,17,19). The quantitative estimate of drug-likeness (QED) is 0.776. The van der Waals surface area contributed by atoms with Crippen molar-refractivity contribution < 1.29 is 23.4 Å². The van der Waals surface area contributed by atoms with Gasteiger partial charge in [-0.1, -0.05) is 24.3 Å². The number of fused-ring (bicyclic) bond motifs is 1. The summed E-state index contributed by atoms with van der Waals surface area (Å²) in [6.45, 7) is 1.35. The number of hydrogen-bond donors (Lipinski definition) is 3. The van der Waals surface area contributed by atoms with E-state index in [0.29, 0.717) is 21.1 Å². The third-order valence-corrected chi connectivity index (χ3v) is 5.61. The van der Waals surface area contributed by atoms with Crippen LogP contribution in [0.15, 0.2) is 53.4 Å². The predicted octanol–water partition coefficient (Wildman–Crippen LogP) is 1.33. The summed E-state index contributed by atoms with van der Waals surface area (Å²) in [6.07, 6.45) is -2.92. The molecule has 0 aliphatic carbocycles. The molecule has 2 atom stereocenters. The third-order valence-electron chi connectivity index (χ3n) is 3.78. The smallest absolute Gasteiger partial charge is 0.248 e. The van der Waals surface area contributed by atoms with Gasteiger partial charge < -0.3 is 15.5 Å². The van der Waals surface area contributed by atoms with Gasteiger partial charge in [0, 0.05) is 23.7 Å². The van der Waals surface area contributed by atoms with E-state index in [1.165, 1.54) is 31.2 Å². The molecule has 24 heavy (non-hydrogen) atoms. The minimum absolute atomic E-state index is 0.0949. The van der Waals surface area contributed by atoms with Crippen LogP contribution in [0.25, 0.3) is 0 Å². The number of rotatable bonds is 3. The molecule has 0 saturated heterocycles. The first-order valence-electron chi connectivity index (χ1n) is 7.18. The second-order valence-electron chi connectivity index (χ2n) is 5.42. The largest absolute Gasteiger partial charge is 0.373 e. The van der Waals surface area contributed by atoms with E-state index in [1.807, 2.05) is 0 Å². The number of carbonyl (C=O) groups is 1. The monoisotopic (exact) mass is 348 g/mol. The molecule has 7 nitrogen and oxygen atoms in total. The number of sulfonamides is 1. The van der Waals surface area contributed by atoms with Gasteiger partial charge in [-0.2, -0.15) is 0 Å². The molecule has 1 aliphatic rings. The maximum absolute atomic E-state index is 12.8. The molecule has 1 heterocycles. The first-order chi connectivity index (χ1) is 11.3. The molecule has 126 valence electrons. The highest BCUT2D eigenvalue weighted by Crippen LogP contribution is 2.42. The van der Waals surface area contributed by atoms with Crippen LogP contribution in [0.2, 0.25) is 0 Å². The molecule has 3 N–H and O–H groups in total. The number of anilines is 1. The van der Waals surface area contributed by atoms with Crippen molar-refractivity contribution in [2.24, 2.45) is 0 Å². The zero-order chi connectivity index (χ0) is 17.5. The first kappa shape index (κ1) is 16.6. The average molecular weight is 348 g/mol. The lowest BCUT2D eigenvalue weighted by Crippen LogP contribution is -2.33. The summed E-state index contributed by atoms with van der Waals surface area (Å²) < 4.78 is 26.2. The number of hydrogen-bond acceptors (Lipinski definition) is 5. The van der Waals surface area contributed by atoms with E-state index in [4.69, 9.17) is 0 Å². The highest BCUT2D eigenvalue weighted by Gasteiger charge is 2.44. The van der Waals surface area contributed by atoms with Crippen molar-refractivity contribution in [3.63, 3.8) is 0 Å². The Morgan fingerprint density at radius 2 is 1.50 bits per heavy atom. The summed E-state index contributed by atoms with van der Waals surface area (Å²) in [7, 11) is -4.13. The van der Waals surface area contributed by atoms with Gasteiger partial charge in [0.2, 0.25) is 15.9 Å². The summed E-state index contributed by atoms with van der Waals surface area (Å²) in [5.74, 6) is -0.272. The highest BCUT2D eigenvalue weighted by molar-refractivity contribution is 7.89. The summed E-state index contributed by atoms with van der Waals surface area (Å²) in [5, 5.41) is 23.2. The molecule has 2 aromatic carbocycles. The van der Waals surface area contributed by atoms with E-state index in [-0.39, 0.29) is 10.8 Å². The van der Waals surface area contributed by atoms with Gasteiger partial charge in [0.15, 0.2) is 0 Å². The molecule has 1 aliphatic heterocycles. The zero-order valence-electron chi connectivity index (χ0n) is 12.7. The first-order valence-corrected chi connectivity index (χ1v) is 8.62. The molecule has 0 fully saturated rings. The highest BCUT2D eigenvalue weighted by atomic mass is 32.2. The van der Waals surface area contributed by atoms with Gasteiger partial charge in [0.05, 0.1) is 4.90 Å². The topological polar surface area (TPSA) is 107 Å². The molecule has 0 bridgehead atoms. The third kappa shape index (κ3) is 2.69. The van der Waals surface area contributed by atoms with Gasteiger partial charge in [0.1, 0.15) is 12.5 Å². The fourth-order valence-corrected chi connectivity index (χ4v) is 4.16. The Morgan fingerprint density at radius 1 is 1.00 bits per heavy atom. The van der Waals surface area contributed by atoms with E-state index in [0.717, 1.165) is 0 Å². The van der Waals surface area contributed by atoms with Crippen LogP contribution >= 0.6 is 0 Å². The average Bonchev–Trinajstić information content (AvgIpc) is 2.80. The molecule has 8 heteroatoms. The molecule has 3 rings (SSSR count). The Bertz CT molecular complexity index is 851. The van der Waals surface area contributed by atoms with Crippen LogP contribution in [0.1, 0.15) is 30.5 Å².